The molecule has 0 saturated carbocycles. The molecule has 0 bridgehead atoms. The fourth-order valence-electron chi connectivity index (χ4n) is 4.00. The van der Waals surface area contributed by atoms with E-state index < -0.39 is 0 Å². The molecule has 0 N–H and O–H groups in total. The normalized spacial score (nSPS) is 16.1. The molecule has 0 radical (unpaired) electrons. The maximum atomic E-state index is 12.8. The number of fused-ring (bicyclic) bond motifs is 1. The van der Waals surface area contributed by atoms with Crippen molar-refractivity contribution in [3.8, 4) is 5.75 Å². The Morgan fingerprint density at radius 2 is 1.94 bits per heavy atom. The Kier molecular flexibility index (Phi) is 7.36. The van der Waals surface area contributed by atoms with Gasteiger partial charge in [-0.1, -0.05) is 80.3 Å². The van der Waals surface area contributed by atoms with Gasteiger partial charge >= 0.3 is 0 Å². The molecule has 3 aromatic rings. The van der Waals surface area contributed by atoms with E-state index >= 15 is 0 Å². The van der Waals surface area contributed by atoms with Crippen LogP contribution in [0, 0.1) is 0 Å². The molecule has 1 aliphatic heterocycles. The average molecular weight is 477 g/mol. The number of benzene rings is 2. The third-order valence-electron chi connectivity index (χ3n) is 5.94. The first-order chi connectivity index (χ1) is 16.0. The standard InChI is InChI=1S/C27H28N2O2S2/c1-4-14-29-26(30)25(33-27(29)32)17-20-18-28(23-12-8-6-11-22(20)23)15-16-31-24-13-9-7-10-21(24)19(3)5-2/h4,6-13,17-19H,1,5,14-16H2,2-3H3/b25-17+. The van der Waals surface area contributed by atoms with Gasteiger partial charge in [0.1, 0.15) is 16.7 Å². The maximum absolute atomic E-state index is 12.8. The molecule has 1 saturated heterocycles. The lowest BCUT2D eigenvalue weighted by atomic mass is 9.98. The van der Waals surface area contributed by atoms with E-state index in [1.807, 2.05) is 30.3 Å². The van der Waals surface area contributed by atoms with E-state index in [9.17, 15) is 4.79 Å². The molecule has 1 amide bonds. The highest BCUT2D eigenvalue weighted by atomic mass is 32.2. The van der Waals surface area contributed by atoms with Crippen LogP contribution in [0.3, 0.4) is 0 Å². The lowest BCUT2D eigenvalue weighted by Crippen LogP contribution is -2.27. The number of carbonyl (C=O) groups is 1. The Morgan fingerprint density at radius 1 is 1.18 bits per heavy atom. The molecule has 1 unspecified atom stereocenters. The molecule has 2 heterocycles. The van der Waals surface area contributed by atoms with E-state index in [1.54, 1.807) is 11.0 Å². The second kappa shape index (κ2) is 10.4. The summed E-state index contributed by atoms with van der Waals surface area (Å²) in [5.74, 6) is 1.35. The zero-order valence-electron chi connectivity index (χ0n) is 19.0. The van der Waals surface area contributed by atoms with Gasteiger partial charge in [-0.05, 0) is 36.1 Å². The Bertz CT molecular complexity index is 1230. The van der Waals surface area contributed by atoms with E-state index in [-0.39, 0.29) is 5.91 Å². The smallest absolute Gasteiger partial charge is 0.266 e. The number of ether oxygens (including phenoxy) is 1. The van der Waals surface area contributed by atoms with Crippen molar-refractivity contribution < 1.29 is 9.53 Å². The molecule has 4 rings (SSSR count). The van der Waals surface area contributed by atoms with Crippen molar-refractivity contribution in [1.29, 1.82) is 0 Å². The second-order valence-corrected chi connectivity index (χ2v) is 9.75. The van der Waals surface area contributed by atoms with Gasteiger partial charge in [-0.2, -0.15) is 0 Å². The zero-order chi connectivity index (χ0) is 23.4. The van der Waals surface area contributed by atoms with Crippen molar-refractivity contribution in [2.75, 3.05) is 13.2 Å². The largest absolute Gasteiger partial charge is 0.491 e. The van der Waals surface area contributed by atoms with Crippen LogP contribution in [0.1, 0.15) is 37.3 Å². The summed E-state index contributed by atoms with van der Waals surface area (Å²) >= 11 is 6.72. The molecule has 1 fully saturated rings. The van der Waals surface area contributed by atoms with Gasteiger partial charge in [0, 0.05) is 29.2 Å². The molecule has 4 nitrogen and oxygen atoms in total. The minimum absolute atomic E-state index is 0.0632. The molecule has 33 heavy (non-hydrogen) atoms. The molecule has 1 aliphatic rings. The van der Waals surface area contributed by atoms with E-state index in [0.717, 1.165) is 28.6 Å². The maximum Gasteiger partial charge on any atom is 0.266 e. The highest BCUT2D eigenvalue weighted by Gasteiger charge is 2.31. The summed E-state index contributed by atoms with van der Waals surface area (Å²) in [6, 6.07) is 16.5. The number of aromatic nitrogens is 1. The lowest BCUT2D eigenvalue weighted by molar-refractivity contribution is -0.121. The number of hydrogen-bond acceptors (Lipinski definition) is 4. The van der Waals surface area contributed by atoms with Gasteiger partial charge in [0.25, 0.3) is 5.91 Å². The highest BCUT2D eigenvalue weighted by molar-refractivity contribution is 8.26. The van der Waals surface area contributed by atoms with Crippen molar-refractivity contribution in [2.45, 2.75) is 32.7 Å². The lowest BCUT2D eigenvalue weighted by Gasteiger charge is -2.16. The van der Waals surface area contributed by atoms with Crippen molar-refractivity contribution in [2.24, 2.45) is 0 Å². The average Bonchev–Trinajstić information content (AvgIpc) is 3.31. The molecule has 1 atom stereocenters. The second-order valence-electron chi connectivity index (χ2n) is 8.07. The van der Waals surface area contributed by atoms with E-state index in [1.165, 1.54) is 17.3 Å². The summed E-state index contributed by atoms with van der Waals surface area (Å²) in [6.07, 6.45) is 6.80. The minimum Gasteiger partial charge on any atom is -0.491 e. The summed E-state index contributed by atoms with van der Waals surface area (Å²) in [5, 5.41) is 1.10. The van der Waals surface area contributed by atoms with E-state index in [0.29, 0.717) is 34.8 Å². The van der Waals surface area contributed by atoms with E-state index in [4.69, 9.17) is 17.0 Å². The van der Waals surface area contributed by atoms with Crippen LogP contribution in [-0.4, -0.2) is 32.8 Å². The van der Waals surface area contributed by atoms with Crippen molar-refractivity contribution in [3.05, 3.63) is 83.4 Å². The summed E-state index contributed by atoms with van der Waals surface area (Å²) in [4.78, 5) is 15.0. The summed E-state index contributed by atoms with van der Waals surface area (Å²) < 4.78 is 8.96. The number of amides is 1. The van der Waals surface area contributed by atoms with Gasteiger partial charge in [0.2, 0.25) is 0 Å². The molecular formula is C27H28N2O2S2. The number of thioether (sulfide) groups is 1. The molecule has 0 spiro atoms. The van der Waals surface area contributed by atoms with Crippen molar-refractivity contribution >= 4 is 51.2 Å². The first-order valence-electron chi connectivity index (χ1n) is 11.2. The number of rotatable bonds is 9. The quantitative estimate of drug-likeness (QED) is 0.197. The van der Waals surface area contributed by atoms with Gasteiger partial charge in [-0.15, -0.1) is 6.58 Å². The Labute approximate surface area is 204 Å². The first-order valence-corrected chi connectivity index (χ1v) is 12.4. The van der Waals surface area contributed by atoms with Crippen LogP contribution < -0.4 is 4.74 Å². The predicted molar refractivity (Wildman–Crippen MR) is 143 cm³/mol. The fraction of sp³-hybridized carbons (Fsp3) is 0.259. The van der Waals surface area contributed by atoms with Crippen LogP contribution in [0.15, 0.2) is 72.3 Å². The van der Waals surface area contributed by atoms with Crippen LogP contribution in [0.4, 0.5) is 0 Å². The minimum atomic E-state index is -0.0632. The van der Waals surface area contributed by atoms with Crippen molar-refractivity contribution in [1.82, 2.24) is 9.47 Å². The van der Waals surface area contributed by atoms with E-state index in [2.05, 4.69) is 55.5 Å². The van der Waals surface area contributed by atoms with Gasteiger partial charge in [0.05, 0.1) is 11.4 Å². The third kappa shape index (κ3) is 4.92. The number of carbonyl (C=O) groups excluding carboxylic acids is 1. The van der Waals surface area contributed by atoms with Crippen LogP contribution >= 0.6 is 24.0 Å². The predicted octanol–water partition coefficient (Wildman–Crippen LogP) is 6.62. The topological polar surface area (TPSA) is 34.5 Å². The van der Waals surface area contributed by atoms with Crippen LogP contribution in [0.2, 0.25) is 0 Å². The summed E-state index contributed by atoms with van der Waals surface area (Å²) in [5.41, 5.74) is 3.37. The van der Waals surface area contributed by atoms with Gasteiger partial charge in [0.15, 0.2) is 0 Å². The molecule has 1 aromatic heterocycles. The van der Waals surface area contributed by atoms with Crippen LogP contribution in [-0.2, 0) is 11.3 Å². The molecule has 0 aliphatic carbocycles. The fourth-order valence-corrected chi connectivity index (χ4v) is 5.26. The zero-order valence-corrected chi connectivity index (χ0v) is 20.6. The van der Waals surface area contributed by atoms with Crippen LogP contribution in [0.25, 0.3) is 17.0 Å². The van der Waals surface area contributed by atoms with Crippen LogP contribution in [0.5, 0.6) is 5.75 Å². The first kappa shape index (κ1) is 23.3. The van der Waals surface area contributed by atoms with Gasteiger partial charge < -0.3 is 9.30 Å². The highest BCUT2D eigenvalue weighted by Crippen LogP contribution is 2.34. The van der Waals surface area contributed by atoms with Gasteiger partial charge in [-0.3, -0.25) is 9.69 Å². The Hall–Kier alpha value is -2.83. The van der Waals surface area contributed by atoms with Gasteiger partial charge in [-0.25, -0.2) is 0 Å². The molecule has 2 aromatic carbocycles. The summed E-state index contributed by atoms with van der Waals surface area (Å²) in [7, 11) is 0. The molecular weight excluding hydrogens is 448 g/mol. The van der Waals surface area contributed by atoms with Crippen molar-refractivity contribution in [3.63, 3.8) is 0 Å². The Morgan fingerprint density at radius 3 is 2.73 bits per heavy atom. The number of nitrogens with zero attached hydrogens (tertiary/aromatic N) is 2. The molecule has 6 heteroatoms. The SMILES string of the molecule is C=CCN1C(=O)/C(=C\c2cn(CCOc3ccccc3C(C)CC)c3ccccc23)SC1=S. The Balaban J connectivity index is 1.56. The number of thiocarbonyl (C=S) groups is 1. The monoisotopic (exact) mass is 476 g/mol. The third-order valence-corrected chi connectivity index (χ3v) is 7.32. The number of hydrogen-bond donors (Lipinski definition) is 0. The molecule has 170 valence electrons. The number of para-hydroxylation sites is 2. The summed E-state index contributed by atoms with van der Waals surface area (Å²) in [6.45, 7) is 9.84.